The summed E-state index contributed by atoms with van der Waals surface area (Å²) in [6, 6.07) is -1.59. The molecule has 1 aromatic rings. The van der Waals surface area contributed by atoms with Crippen molar-refractivity contribution in [2.24, 2.45) is 4.99 Å². The van der Waals surface area contributed by atoms with E-state index in [-0.39, 0.29) is 35.8 Å². The molecular formula is C26H32F6N5O4+. The van der Waals surface area contributed by atoms with Crippen LogP contribution in [-0.4, -0.2) is 67.1 Å². The predicted molar refractivity (Wildman–Crippen MR) is 134 cm³/mol. The molecule has 0 spiro atoms. The number of amides is 2. The van der Waals surface area contributed by atoms with Crippen molar-refractivity contribution in [3.05, 3.63) is 46.5 Å². The summed E-state index contributed by atoms with van der Waals surface area (Å²) in [6.45, 7) is 6.21. The van der Waals surface area contributed by atoms with Crippen molar-refractivity contribution >= 4 is 23.6 Å². The minimum absolute atomic E-state index is 0.137. The molecule has 0 bridgehead atoms. The number of hydrogen-bond donors (Lipinski definition) is 4. The highest BCUT2D eigenvalue weighted by atomic mass is 19.4. The van der Waals surface area contributed by atoms with Crippen molar-refractivity contribution in [3.63, 3.8) is 0 Å². The molecule has 2 aliphatic heterocycles. The van der Waals surface area contributed by atoms with Crippen LogP contribution in [0, 0.1) is 17.5 Å². The zero-order chi connectivity index (χ0) is 30.7. The first-order chi connectivity index (χ1) is 19.0. The van der Waals surface area contributed by atoms with Crippen LogP contribution in [-0.2, 0) is 20.7 Å². The number of ether oxygens (including phenoxy) is 1. The molecule has 3 atom stereocenters. The lowest BCUT2D eigenvalue weighted by Crippen LogP contribution is -3.20. The average molecular weight is 593 g/mol. The van der Waals surface area contributed by atoms with Crippen LogP contribution < -0.4 is 20.9 Å². The van der Waals surface area contributed by atoms with Gasteiger partial charge in [-0.2, -0.15) is 18.2 Å². The Morgan fingerprint density at radius 2 is 1.78 bits per heavy atom. The van der Waals surface area contributed by atoms with Crippen LogP contribution in [0.1, 0.15) is 46.1 Å². The maximum atomic E-state index is 14.4. The van der Waals surface area contributed by atoms with Crippen LogP contribution in [0.2, 0.25) is 0 Å². The molecule has 226 valence electrons. The molecule has 1 saturated heterocycles. The highest BCUT2D eigenvalue weighted by Crippen LogP contribution is 2.30. The molecule has 1 fully saturated rings. The average Bonchev–Trinajstić information content (AvgIpc) is 3.25. The molecule has 1 aromatic carbocycles. The molecular weight excluding hydrogens is 560 g/mol. The van der Waals surface area contributed by atoms with Gasteiger partial charge in [0, 0.05) is 25.1 Å². The second-order valence-electron chi connectivity index (χ2n) is 10.7. The minimum Gasteiger partial charge on any atom is -0.444 e. The van der Waals surface area contributed by atoms with E-state index < -0.39 is 83.5 Å². The number of quaternary nitrogens is 1. The van der Waals surface area contributed by atoms with Gasteiger partial charge in [0.15, 0.2) is 29.2 Å². The third-order valence-electron chi connectivity index (χ3n) is 6.22. The number of aliphatic imine (C=N–C) groups is 1. The van der Waals surface area contributed by atoms with Gasteiger partial charge in [-0.3, -0.25) is 9.59 Å². The number of amidine groups is 1. The first-order valence-electron chi connectivity index (χ1n) is 12.9. The number of alkyl carbamates (subject to hydrolysis) is 1. The molecule has 9 nitrogen and oxygen atoms in total. The molecule has 2 amide bonds. The van der Waals surface area contributed by atoms with Crippen molar-refractivity contribution in [1.29, 1.82) is 0 Å². The molecule has 41 heavy (non-hydrogen) atoms. The van der Waals surface area contributed by atoms with Crippen LogP contribution in [0.25, 0.3) is 0 Å². The number of rotatable bonds is 9. The number of nitrogens with one attached hydrogen (secondary N) is 4. The summed E-state index contributed by atoms with van der Waals surface area (Å²) < 4.78 is 88.4. The fourth-order valence-corrected chi connectivity index (χ4v) is 4.53. The molecule has 3 unspecified atom stereocenters. The van der Waals surface area contributed by atoms with Gasteiger partial charge in [-0.15, -0.1) is 0 Å². The van der Waals surface area contributed by atoms with Crippen LogP contribution in [0.5, 0.6) is 0 Å². The van der Waals surface area contributed by atoms with Crippen LogP contribution in [0.15, 0.2) is 28.5 Å². The zero-order valence-corrected chi connectivity index (χ0v) is 22.9. The van der Waals surface area contributed by atoms with Crippen molar-refractivity contribution in [2.45, 2.75) is 70.8 Å². The number of carbonyl (C=O) groups is 3. The van der Waals surface area contributed by atoms with Gasteiger partial charge >= 0.3 is 18.2 Å². The van der Waals surface area contributed by atoms with Gasteiger partial charge in [0.2, 0.25) is 5.70 Å². The number of ketones is 1. The summed E-state index contributed by atoms with van der Waals surface area (Å²) >= 11 is 0. The number of benzene rings is 1. The zero-order valence-electron chi connectivity index (χ0n) is 22.9. The Morgan fingerprint density at radius 3 is 2.39 bits per heavy atom. The van der Waals surface area contributed by atoms with Gasteiger partial charge < -0.3 is 20.7 Å². The summed E-state index contributed by atoms with van der Waals surface area (Å²) in [6.07, 6.45) is -6.42. The second-order valence-corrected chi connectivity index (χ2v) is 10.7. The maximum Gasteiger partial charge on any atom is 0.439 e. The minimum atomic E-state index is -4.90. The van der Waals surface area contributed by atoms with Gasteiger partial charge in [0.1, 0.15) is 11.4 Å². The molecule has 2 aliphatic rings. The number of nitrogens with zero attached hydrogens (tertiary/aromatic N) is 1. The first kappa shape index (κ1) is 32.1. The largest absolute Gasteiger partial charge is 0.444 e. The van der Waals surface area contributed by atoms with E-state index in [0.717, 1.165) is 0 Å². The second kappa shape index (κ2) is 12.6. The first-order valence-corrected chi connectivity index (χ1v) is 12.9. The Balaban J connectivity index is 1.93. The quantitative estimate of drug-likeness (QED) is 0.259. The third kappa shape index (κ3) is 8.06. The molecule has 0 aliphatic carbocycles. The lowest BCUT2D eigenvalue weighted by atomic mass is 9.95. The molecule has 0 aromatic heterocycles. The summed E-state index contributed by atoms with van der Waals surface area (Å²) in [5.74, 6) is -6.01. The van der Waals surface area contributed by atoms with E-state index in [1.165, 1.54) is 0 Å². The van der Waals surface area contributed by atoms with E-state index in [9.17, 15) is 40.7 Å². The van der Waals surface area contributed by atoms with Crippen molar-refractivity contribution < 1.29 is 50.4 Å². The van der Waals surface area contributed by atoms with Gasteiger partial charge in [-0.25, -0.2) is 22.9 Å². The molecule has 2 heterocycles. The van der Waals surface area contributed by atoms with E-state index >= 15 is 0 Å². The fraction of sp³-hybridized carbons (Fsp3) is 0.538. The summed E-state index contributed by atoms with van der Waals surface area (Å²) in [7, 11) is 0. The number of Topliss-reactive ketones (excluding diaryl/α,β-unsaturated/α-hetero) is 1. The highest BCUT2D eigenvalue weighted by Gasteiger charge is 2.53. The van der Waals surface area contributed by atoms with E-state index in [1.54, 1.807) is 27.7 Å². The number of piperazine rings is 1. The highest BCUT2D eigenvalue weighted by molar-refractivity contribution is 6.35. The van der Waals surface area contributed by atoms with Gasteiger partial charge in [-0.05, 0) is 45.2 Å². The smallest absolute Gasteiger partial charge is 0.439 e. The number of halogens is 6. The third-order valence-corrected chi connectivity index (χ3v) is 6.22. The standard InChI is InChI=1S/C26H31F6N5O4/c1-5-6-34-23(39)22-36-21(26(30,31)32)19-12-33-11-18(37(19)22)20(38)9-14(35-24(40)41-25(2,3)4)7-13-8-16(28)17(29)10-15(13)27/h8,10,14,18,33H,5-7,9,11-12H2,1-4H3,(H,34,39)(H,35,40)/p+1. The lowest BCUT2D eigenvalue weighted by Gasteiger charge is -2.31. The van der Waals surface area contributed by atoms with Crippen LogP contribution >= 0.6 is 0 Å². The SMILES string of the molecule is CCCNC(=O)C1=NC(C(F)(F)F)=C2CNCC(C(=O)CC(Cc3cc(F)c(F)cc3F)NC(=O)OC(C)(C)C)[NH+]12. The summed E-state index contributed by atoms with van der Waals surface area (Å²) in [4.78, 5) is 42.2. The monoisotopic (exact) mass is 592 g/mol. The van der Waals surface area contributed by atoms with E-state index in [2.05, 4.69) is 20.9 Å². The van der Waals surface area contributed by atoms with Gasteiger partial charge in [0.25, 0.3) is 5.84 Å². The Morgan fingerprint density at radius 1 is 1.12 bits per heavy atom. The van der Waals surface area contributed by atoms with Crippen molar-refractivity contribution in [1.82, 2.24) is 16.0 Å². The molecule has 4 N–H and O–H groups in total. The summed E-state index contributed by atoms with van der Waals surface area (Å²) in [5, 5.41) is 7.63. The number of fused-ring (bicyclic) bond motifs is 1. The maximum absolute atomic E-state index is 14.4. The molecule has 15 heteroatoms. The molecule has 0 radical (unpaired) electrons. The Labute approximate surface area is 232 Å². The number of alkyl halides is 3. The van der Waals surface area contributed by atoms with Crippen LogP contribution in [0.4, 0.5) is 31.1 Å². The lowest BCUT2D eigenvalue weighted by molar-refractivity contribution is -0.781. The topological polar surface area (TPSA) is 113 Å². The van der Waals surface area contributed by atoms with Crippen molar-refractivity contribution in [2.75, 3.05) is 19.6 Å². The number of carbonyl (C=O) groups excluding carboxylic acids is 3. The molecule has 3 rings (SSSR count). The Bertz CT molecular complexity index is 1260. The normalized spacial score (nSPS) is 19.8. The Kier molecular flexibility index (Phi) is 9.85. The summed E-state index contributed by atoms with van der Waals surface area (Å²) in [5.41, 5.74) is -2.93. The Hall–Kier alpha value is -3.46. The molecule has 0 saturated carbocycles. The van der Waals surface area contributed by atoms with E-state index in [0.29, 0.717) is 18.6 Å². The van der Waals surface area contributed by atoms with Crippen LogP contribution in [0.3, 0.4) is 0 Å². The van der Waals surface area contributed by atoms with E-state index in [4.69, 9.17) is 4.74 Å². The van der Waals surface area contributed by atoms with Gasteiger partial charge in [0.05, 0.1) is 13.1 Å². The van der Waals surface area contributed by atoms with E-state index in [1.807, 2.05) is 0 Å². The van der Waals surface area contributed by atoms with Gasteiger partial charge in [-0.1, -0.05) is 6.92 Å². The number of hydrogen-bond acceptors (Lipinski definition) is 6. The van der Waals surface area contributed by atoms with Crippen molar-refractivity contribution in [3.8, 4) is 0 Å². The predicted octanol–water partition coefficient (Wildman–Crippen LogP) is 2.07. The number of allylic oxidation sites excluding steroid dienone is 1. The fourth-order valence-electron chi connectivity index (χ4n) is 4.53.